The van der Waals surface area contributed by atoms with Crippen LogP contribution in [0.2, 0.25) is 5.02 Å². The molecule has 2 aromatic carbocycles. The Balaban J connectivity index is 1.68. The molecule has 0 radical (unpaired) electrons. The van der Waals surface area contributed by atoms with E-state index in [1.807, 2.05) is 0 Å². The molecule has 0 spiro atoms. The summed E-state index contributed by atoms with van der Waals surface area (Å²) in [7, 11) is 0. The zero-order valence-electron chi connectivity index (χ0n) is 16.9. The molecule has 1 aliphatic rings. The third-order valence-electron chi connectivity index (χ3n) is 4.29. The number of hydrogen-bond acceptors (Lipinski definition) is 7. The Labute approximate surface area is 192 Å². The minimum atomic E-state index is -1.03. The highest BCUT2D eigenvalue weighted by molar-refractivity contribution is 8.18. The Bertz CT molecular complexity index is 1120. The molecule has 1 N–H and O–H groups in total. The topological polar surface area (TPSA) is 110 Å². The number of carboxylic acid groups (broad SMARTS) is 1. The second-order valence-electron chi connectivity index (χ2n) is 6.56. The van der Waals surface area contributed by atoms with Crippen molar-refractivity contribution in [1.82, 2.24) is 4.90 Å². The van der Waals surface area contributed by atoms with Crippen LogP contribution in [0.3, 0.4) is 0 Å². The Kier molecular flexibility index (Phi) is 7.55. The van der Waals surface area contributed by atoms with Gasteiger partial charge in [0.25, 0.3) is 11.1 Å². The molecule has 3 rings (SSSR count). The van der Waals surface area contributed by atoms with Gasteiger partial charge in [0.1, 0.15) is 18.9 Å². The van der Waals surface area contributed by atoms with Crippen molar-refractivity contribution in [3.63, 3.8) is 0 Å². The lowest BCUT2D eigenvalue weighted by atomic mass is 10.1. The number of esters is 1. The Morgan fingerprint density at radius 3 is 2.66 bits per heavy atom. The van der Waals surface area contributed by atoms with Gasteiger partial charge in [-0.15, -0.1) is 0 Å². The summed E-state index contributed by atoms with van der Waals surface area (Å²) in [6, 6.07) is 11.2. The lowest BCUT2D eigenvalue weighted by Gasteiger charge is -2.11. The first-order chi connectivity index (χ1) is 15.3. The number of imide groups is 1. The van der Waals surface area contributed by atoms with Gasteiger partial charge in [-0.25, -0.2) is 4.79 Å². The highest BCUT2D eigenvalue weighted by Crippen LogP contribution is 2.34. The molecule has 2 amide bonds. The average molecular weight is 476 g/mol. The van der Waals surface area contributed by atoms with Crippen LogP contribution in [0.25, 0.3) is 6.08 Å². The van der Waals surface area contributed by atoms with Crippen LogP contribution in [0.5, 0.6) is 5.75 Å². The maximum Gasteiger partial charge on any atom is 0.335 e. The van der Waals surface area contributed by atoms with E-state index in [0.717, 1.165) is 16.7 Å². The van der Waals surface area contributed by atoms with Crippen molar-refractivity contribution in [2.45, 2.75) is 13.5 Å². The molecule has 8 nitrogen and oxygen atoms in total. The van der Waals surface area contributed by atoms with E-state index in [1.54, 1.807) is 37.3 Å². The maximum absolute atomic E-state index is 12.5. The molecular formula is C22H18ClNO7S. The number of ether oxygens (including phenoxy) is 2. The number of aromatic carboxylic acids is 1. The summed E-state index contributed by atoms with van der Waals surface area (Å²) in [5, 5.41) is 8.79. The van der Waals surface area contributed by atoms with Crippen molar-refractivity contribution in [2.24, 2.45) is 0 Å². The predicted molar refractivity (Wildman–Crippen MR) is 118 cm³/mol. The molecule has 1 heterocycles. The van der Waals surface area contributed by atoms with Crippen molar-refractivity contribution in [1.29, 1.82) is 0 Å². The smallest absolute Gasteiger partial charge is 0.335 e. The second kappa shape index (κ2) is 10.3. The lowest BCUT2D eigenvalue weighted by Crippen LogP contribution is -2.34. The third-order valence-corrected chi connectivity index (χ3v) is 5.49. The standard InChI is InChI=1S/C22H18ClNO7S/c1-2-30-19(25)11-24-20(26)18(32-22(24)29)10-13-6-7-17(16(23)9-13)31-12-14-4-3-5-15(8-14)21(27)28/h3-10H,2,11-12H2,1H3,(H,27,28)/b18-10+. The second-order valence-corrected chi connectivity index (χ2v) is 7.96. The van der Waals surface area contributed by atoms with E-state index in [2.05, 4.69) is 0 Å². The molecule has 1 fully saturated rings. The minimum Gasteiger partial charge on any atom is -0.487 e. The van der Waals surface area contributed by atoms with Gasteiger partial charge in [-0.1, -0.05) is 29.8 Å². The zero-order chi connectivity index (χ0) is 23.3. The lowest BCUT2D eigenvalue weighted by molar-refractivity contribution is -0.145. The van der Waals surface area contributed by atoms with Crippen LogP contribution < -0.4 is 4.74 Å². The summed E-state index contributed by atoms with van der Waals surface area (Å²) in [5.74, 6) is -1.89. The van der Waals surface area contributed by atoms with Gasteiger partial charge in [-0.05, 0) is 60.2 Å². The molecule has 166 valence electrons. The summed E-state index contributed by atoms with van der Waals surface area (Å²) in [6.45, 7) is 1.47. The van der Waals surface area contributed by atoms with Gasteiger partial charge in [-0.2, -0.15) is 0 Å². The van der Waals surface area contributed by atoms with Crippen molar-refractivity contribution in [3.05, 3.63) is 69.1 Å². The Morgan fingerprint density at radius 1 is 1.19 bits per heavy atom. The number of hydrogen-bond donors (Lipinski definition) is 1. The van der Waals surface area contributed by atoms with E-state index < -0.39 is 29.6 Å². The highest BCUT2D eigenvalue weighted by atomic mass is 35.5. The van der Waals surface area contributed by atoms with Gasteiger partial charge in [0.05, 0.1) is 22.1 Å². The molecule has 0 unspecified atom stereocenters. The molecule has 1 saturated heterocycles. The van der Waals surface area contributed by atoms with Crippen LogP contribution >= 0.6 is 23.4 Å². The van der Waals surface area contributed by atoms with Crippen molar-refractivity contribution in [2.75, 3.05) is 13.2 Å². The van der Waals surface area contributed by atoms with E-state index in [-0.39, 0.29) is 28.7 Å². The van der Waals surface area contributed by atoms with E-state index in [1.165, 1.54) is 18.2 Å². The summed E-state index contributed by atoms with van der Waals surface area (Å²) in [6.07, 6.45) is 1.50. The number of nitrogens with zero attached hydrogens (tertiary/aromatic N) is 1. The maximum atomic E-state index is 12.5. The van der Waals surface area contributed by atoms with Gasteiger partial charge in [0.2, 0.25) is 0 Å². The monoisotopic (exact) mass is 475 g/mol. The van der Waals surface area contributed by atoms with Crippen LogP contribution in [0.1, 0.15) is 28.4 Å². The van der Waals surface area contributed by atoms with Gasteiger partial charge in [0.15, 0.2) is 0 Å². The quantitative estimate of drug-likeness (QED) is 0.446. The summed E-state index contributed by atoms with van der Waals surface area (Å²) in [5.41, 5.74) is 1.39. The van der Waals surface area contributed by atoms with Gasteiger partial charge < -0.3 is 14.6 Å². The first-order valence-electron chi connectivity index (χ1n) is 9.44. The van der Waals surface area contributed by atoms with Crippen molar-refractivity contribution < 1.29 is 33.8 Å². The fourth-order valence-electron chi connectivity index (χ4n) is 2.80. The van der Waals surface area contributed by atoms with E-state index >= 15 is 0 Å². The molecule has 1 aliphatic heterocycles. The number of carboxylic acids is 1. The molecule has 0 aromatic heterocycles. The van der Waals surface area contributed by atoms with Crippen molar-refractivity contribution >= 4 is 52.5 Å². The van der Waals surface area contributed by atoms with Crippen LogP contribution in [-0.4, -0.2) is 46.2 Å². The van der Waals surface area contributed by atoms with Crippen LogP contribution in [0, 0.1) is 0 Å². The Morgan fingerprint density at radius 2 is 1.97 bits per heavy atom. The molecule has 0 bridgehead atoms. The van der Waals surface area contributed by atoms with Gasteiger partial charge in [-0.3, -0.25) is 19.3 Å². The highest BCUT2D eigenvalue weighted by Gasteiger charge is 2.36. The van der Waals surface area contributed by atoms with Gasteiger partial charge >= 0.3 is 11.9 Å². The SMILES string of the molecule is CCOC(=O)CN1C(=O)S/C(=C/c2ccc(OCc3cccc(C(=O)O)c3)c(Cl)c2)C1=O. The van der Waals surface area contributed by atoms with Crippen LogP contribution in [-0.2, 0) is 20.9 Å². The molecule has 0 saturated carbocycles. The number of thioether (sulfide) groups is 1. The first kappa shape index (κ1) is 23.4. The first-order valence-corrected chi connectivity index (χ1v) is 10.6. The Hall–Kier alpha value is -3.30. The summed E-state index contributed by atoms with van der Waals surface area (Å²) in [4.78, 5) is 48.2. The van der Waals surface area contributed by atoms with E-state index in [9.17, 15) is 19.2 Å². The minimum absolute atomic E-state index is 0.118. The molecular weight excluding hydrogens is 458 g/mol. The number of amides is 2. The number of carbonyl (C=O) groups excluding carboxylic acids is 3. The normalized spacial score (nSPS) is 14.7. The summed E-state index contributed by atoms with van der Waals surface area (Å²) < 4.78 is 10.5. The van der Waals surface area contributed by atoms with Gasteiger partial charge in [0, 0.05) is 0 Å². The fraction of sp³-hybridized carbons (Fsp3) is 0.182. The third kappa shape index (κ3) is 5.68. The summed E-state index contributed by atoms with van der Waals surface area (Å²) >= 11 is 7.01. The zero-order valence-corrected chi connectivity index (χ0v) is 18.4. The molecule has 10 heteroatoms. The fourth-order valence-corrected chi connectivity index (χ4v) is 3.88. The number of halogens is 1. The van der Waals surface area contributed by atoms with Crippen LogP contribution in [0.4, 0.5) is 4.79 Å². The molecule has 0 aliphatic carbocycles. The van der Waals surface area contributed by atoms with Crippen LogP contribution in [0.15, 0.2) is 47.4 Å². The molecule has 32 heavy (non-hydrogen) atoms. The number of benzene rings is 2. The average Bonchev–Trinajstić information content (AvgIpc) is 3.01. The van der Waals surface area contributed by atoms with E-state index in [0.29, 0.717) is 16.9 Å². The largest absolute Gasteiger partial charge is 0.487 e. The van der Waals surface area contributed by atoms with E-state index in [4.69, 9.17) is 26.2 Å². The number of carbonyl (C=O) groups is 4. The number of rotatable bonds is 8. The predicted octanol–water partition coefficient (Wildman–Crippen LogP) is 4.22. The van der Waals surface area contributed by atoms with Crippen molar-refractivity contribution in [3.8, 4) is 5.75 Å². The molecule has 2 aromatic rings. The molecule has 0 atom stereocenters.